The minimum atomic E-state index is 1.62. The fraction of sp³-hybridized carbons (Fsp3) is 0. The Hall–Kier alpha value is -1.04. The molecule has 0 saturated carbocycles. The van der Waals surface area contributed by atoms with Crippen molar-refractivity contribution in [1.29, 1.82) is 0 Å². The zero-order valence-corrected chi connectivity index (χ0v) is 6.87. The van der Waals surface area contributed by atoms with Crippen LogP contribution >= 0.6 is 0 Å². The first-order valence-electron chi connectivity index (χ1n) is 1.86. The Kier molecular flexibility index (Phi) is 7.13. The van der Waals surface area contributed by atoms with E-state index in [0.717, 1.165) is 0 Å². The van der Waals surface area contributed by atoms with Gasteiger partial charge in [0, 0.05) is 0 Å². The van der Waals surface area contributed by atoms with E-state index in [2.05, 4.69) is 46.8 Å². The van der Waals surface area contributed by atoms with Crippen LogP contribution in [0.1, 0.15) is 0 Å². The normalized spacial score (nSPS) is 11.8. The Bertz CT molecular complexity index is 158. The predicted molar refractivity (Wildman–Crippen MR) is 26.5 cm³/mol. The fourth-order valence-electron chi connectivity index (χ4n) is 0.112. The van der Waals surface area contributed by atoms with Gasteiger partial charge in [-0.25, -0.2) is 0 Å². The van der Waals surface area contributed by atoms with Gasteiger partial charge in [0.25, 0.3) is 0 Å². The SMILES string of the molecule is C=N/N=N/N=N/N=N/[N]=[Pt]. The number of hydrogen-bond donors (Lipinski definition) is 0. The Labute approximate surface area is 66.9 Å². The van der Waals surface area contributed by atoms with E-state index in [1.165, 1.54) is 0 Å². The molecule has 0 aromatic heterocycles. The molecule has 0 rings (SSSR count). The molecule has 0 aliphatic heterocycles. The quantitative estimate of drug-likeness (QED) is 0.425. The minimum absolute atomic E-state index is 1.62. The van der Waals surface area contributed by atoms with Gasteiger partial charge >= 0.3 is 66.4 Å². The molecule has 0 spiro atoms. The molecule has 9 heteroatoms. The van der Waals surface area contributed by atoms with Gasteiger partial charge in [0.15, 0.2) is 0 Å². The third-order valence-corrected chi connectivity index (χ3v) is 0.495. The number of hydrogen-bond acceptors (Lipinski definition) is 2. The van der Waals surface area contributed by atoms with Crippen molar-refractivity contribution in [2.24, 2.45) is 40.0 Å². The Morgan fingerprint density at radius 1 is 0.800 bits per heavy atom. The summed E-state index contributed by atoms with van der Waals surface area (Å²) in [6.07, 6.45) is 0. The van der Waals surface area contributed by atoms with Crippen molar-refractivity contribution in [3.63, 3.8) is 0 Å². The van der Waals surface area contributed by atoms with Gasteiger partial charge in [0.2, 0.25) is 0 Å². The van der Waals surface area contributed by atoms with Crippen LogP contribution in [0.15, 0.2) is 40.0 Å². The van der Waals surface area contributed by atoms with E-state index in [0.29, 0.717) is 0 Å². The summed E-state index contributed by atoms with van der Waals surface area (Å²) in [5.74, 6) is 0. The summed E-state index contributed by atoms with van der Waals surface area (Å²) < 4.78 is 3.22. The first-order valence-corrected chi connectivity index (χ1v) is 2.87. The molecule has 0 radical (unpaired) electrons. The van der Waals surface area contributed by atoms with Gasteiger partial charge in [-0.3, -0.25) is 0 Å². The molecule has 0 saturated heterocycles. The summed E-state index contributed by atoms with van der Waals surface area (Å²) in [5.41, 5.74) is 0. The third kappa shape index (κ3) is 6.96. The van der Waals surface area contributed by atoms with E-state index < -0.39 is 0 Å². The molecule has 0 aliphatic rings. The maximum atomic E-state index is 3.22. The van der Waals surface area contributed by atoms with Crippen molar-refractivity contribution in [1.82, 2.24) is 0 Å². The molecule has 0 unspecified atom stereocenters. The van der Waals surface area contributed by atoms with Gasteiger partial charge in [-0.2, -0.15) is 0 Å². The van der Waals surface area contributed by atoms with Gasteiger partial charge in [-0.15, -0.1) is 0 Å². The molecule has 8 nitrogen and oxygen atoms in total. The fourth-order valence-corrected chi connectivity index (χ4v) is 0.203. The Balaban J connectivity index is 3.55. The molecule has 0 atom stereocenters. The molecule has 0 heterocycles. The Morgan fingerprint density at radius 3 is 1.80 bits per heavy atom. The number of nitrogens with zero attached hydrogens (tertiary/aromatic N) is 8. The van der Waals surface area contributed by atoms with Gasteiger partial charge < -0.3 is 0 Å². The van der Waals surface area contributed by atoms with Gasteiger partial charge in [-0.1, -0.05) is 0 Å². The van der Waals surface area contributed by atoms with Gasteiger partial charge in [0.05, 0.1) is 0 Å². The van der Waals surface area contributed by atoms with Crippen LogP contribution in [-0.4, -0.2) is 6.72 Å². The molecule has 0 aromatic carbocycles. The van der Waals surface area contributed by atoms with Crippen LogP contribution in [-0.2, 0) is 19.6 Å². The van der Waals surface area contributed by atoms with E-state index in [1.54, 1.807) is 19.6 Å². The van der Waals surface area contributed by atoms with Crippen LogP contribution in [0.5, 0.6) is 0 Å². The molecule has 10 heavy (non-hydrogen) atoms. The molecule has 0 bridgehead atoms. The molecule has 56 valence electrons. The second kappa shape index (κ2) is 7.96. The molecule has 0 aromatic rings. The van der Waals surface area contributed by atoms with Crippen LogP contribution in [0, 0.1) is 0 Å². The van der Waals surface area contributed by atoms with Crippen LogP contribution in [0.2, 0.25) is 0 Å². The maximum absolute atomic E-state index is 3.22. The summed E-state index contributed by atoms with van der Waals surface area (Å²) in [7, 11) is 0. The summed E-state index contributed by atoms with van der Waals surface area (Å²) in [4.78, 5) is 0. The van der Waals surface area contributed by atoms with E-state index in [1.807, 2.05) is 0 Å². The summed E-state index contributed by atoms with van der Waals surface area (Å²) >= 11 is 1.62. The topological polar surface area (TPSA) is 98.9 Å². The summed E-state index contributed by atoms with van der Waals surface area (Å²) in [6.45, 7) is 3.01. The molecule has 0 aliphatic carbocycles. The van der Waals surface area contributed by atoms with Gasteiger partial charge in [-0.05, 0) is 0 Å². The van der Waals surface area contributed by atoms with E-state index >= 15 is 0 Å². The van der Waals surface area contributed by atoms with Crippen molar-refractivity contribution in [2.75, 3.05) is 0 Å². The van der Waals surface area contributed by atoms with Crippen molar-refractivity contribution < 1.29 is 19.6 Å². The van der Waals surface area contributed by atoms with Crippen LogP contribution < -0.4 is 0 Å². The molecular formula is CH2N8Pt. The summed E-state index contributed by atoms with van der Waals surface area (Å²) in [6, 6.07) is 0. The zero-order valence-electron chi connectivity index (χ0n) is 4.60. The summed E-state index contributed by atoms with van der Waals surface area (Å²) in [5, 5.41) is 21.3. The molecule has 0 N–H and O–H groups in total. The standard InChI is InChI=1S/CH2N8.Pt/c1-3-5-7-9-8-6-4-2;/h1H2;/b6-4+,7-5+,9-8+;. The van der Waals surface area contributed by atoms with E-state index in [4.69, 9.17) is 0 Å². The number of rotatable bonds is 4. The molecule has 0 fully saturated rings. The average molecular weight is 321 g/mol. The first kappa shape index (κ1) is 8.96. The van der Waals surface area contributed by atoms with Crippen LogP contribution in [0.3, 0.4) is 0 Å². The van der Waals surface area contributed by atoms with Crippen LogP contribution in [0.4, 0.5) is 0 Å². The zero-order chi connectivity index (χ0) is 7.66. The Morgan fingerprint density at radius 2 is 1.30 bits per heavy atom. The second-order valence-corrected chi connectivity index (χ2v) is 1.20. The van der Waals surface area contributed by atoms with E-state index in [-0.39, 0.29) is 0 Å². The van der Waals surface area contributed by atoms with Crippen molar-refractivity contribution >= 4 is 6.72 Å². The average Bonchev–Trinajstić information content (AvgIpc) is 1.97. The second-order valence-electron chi connectivity index (χ2n) is 0.741. The third-order valence-electron chi connectivity index (χ3n) is 0.292. The van der Waals surface area contributed by atoms with Crippen molar-refractivity contribution in [3.05, 3.63) is 0 Å². The predicted octanol–water partition coefficient (Wildman–Crippen LogP) is 1.43. The van der Waals surface area contributed by atoms with Gasteiger partial charge in [0.1, 0.15) is 0 Å². The van der Waals surface area contributed by atoms with Crippen LogP contribution in [0.25, 0.3) is 0 Å². The first-order chi connectivity index (χ1) is 4.91. The molecular weight excluding hydrogens is 319 g/mol. The van der Waals surface area contributed by atoms with Crippen molar-refractivity contribution in [2.45, 2.75) is 0 Å². The van der Waals surface area contributed by atoms with E-state index in [9.17, 15) is 0 Å². The monoisotopic (exact) mass is 321 g/mol. The van der Waals surface area contributed by atoms with Crippen molar-refractivity contribution in [3.8, 4) is 0 Å². The molecule has 0 amide bonds.